The molecule has 2 rings (SSSR count). The minimum atomic E-state index is -0.535. The lowest BCUT2D eigenvalue weighted by molar-refractivity contribution is -0.122. The second-order valence-electron chi connectivity index (χ2n) is 6.08. The van der Waals surface area contributed by atoms with Gasteiger partial charge in [-0.05, 0) is 37.0 Å². The molecule has 23 heavy (non-hydrogen) atoms. The molecule has 0 aliphatic heterocycles. The summed E-state index contributed by atoms with van der Waals surface area (Å²) < 4.78 is 15.9. The van der Waals surface area contributed by atoms with Crippen molar-refractivity contribution in [3.05, 3.63) is 47.8 Å². The van der Waals surface area contributed by atoms with E-state index in [0.717, 1.165) is 0 Å². The van der Waals surface area contributed by atoms with Gasteiger partial charge < -0.3 is 15.6 Å². The number of hydrogen-bond donors (Lipinski definition) is 2. The normalized spacial score (nSPS) is 12.4. The first-order valence-corrected chi connectivity index (χ1v) is 7.70. The van der Waals surface area contributed by atoms with Crippen molar-refractivity contribution in [2.45, 2.75) is 39.8 Å². The molecule has 3 N–H and O–H groups in total. The Labute approximate surface area is 135 Å². The van der Waals surface area contributed by atoms with Gasteiger partial charge in [0.05, 0.1) is 11.7 Å². The molecule has 2 aromatic rings. The van der Waals surface area contributed by atoms with Crippen LogP contribution in [0.3, 0.4) is 0 Å². The maximum Gasteiger partial charge on any atom is 0.237 e. The number of aryl methyl sites for hydroxylation is 1. The number of nitrogens with zero attached hydrogens (tertiary/aromatic N) is 2. The molecule has 124 valence electrons. The third-order valence-electron chi connectivity index (χ3n) is 3.63. The SMILES string of the molecule is Cc1nccn1-c1ccc(CNC(=O)[C@@H](N)CC(C)C)cc1F. The van der Waals surface area contributed by atoms with Crippen molar-refractivity contribution in [3.8, 4) is 5.69 Å². The van der Waals surface area contributed by atoms with Crippen LogP contribution in [0.2, 0.25) is 0 Å². The maximum atomic E-state index is 14.3. The molecule has 0 saturated carbocycles. The number of nitrogens with two attached hydrogens (primary N) is 1. The third-order valence-corrected chi connectivity index (χ3v) is 3.63. The van der Waals surface area contributed by atoms with Gasteiger partial charge in [0.2, 0.25) is 5.91 Å². The van der Waals surface area contributed by atoms with Crippen molar-refractivity contribution < 1.29 is 9.18 Å². The summed E-state index contributed by atoms with van der Waals surface area (Å²) in [5, 5.41) is 2.75. The smallest absolute Gasteiger partial charge is 0.237 e. The first-order valence-electron chi connectivity index (χ1n) is 7.70. The molecule has 0 saturated heterocycles. The van der Waals surface area contributed by atoms with E-state index in [1.54, 1.807) is 29.1 Å². The van der Waals surface area contributed by atoms with E-state index < -0.39 is 6.04 Å². The highest BCUT2D eigenvalue weighted by molar-refractivity contribution is 5.81. The molecule has 1 aromatic carbocycles. The number of halogens is 1. The second kappa shape index (κ2) is 7.37. The Hall–Kier alpha value is -2.21. The minimum absolute atomic E-state index is 0.214. The predicted octanol–water partition coefficient (Wildman–Crippen LogP) is 2.31. The zero-order chi connectivity index (χ0) is 17.0. The summed E-state index contributed by atoms with van der Waals surface area (Å²) in [6.07, 6.45) is 3.96. The van der Waals surface area contributed by atoms with Gasteiger partial charge >= 0.3 is 0 Å². The minimum Gasteiger partial charge on any atom is -0.351 e. The van der Waals surface area contributed by atoms with Gasteiger partial charge in [0.15, 0.2) is 0 Å². The lowest BCUT2D eigenvalue weighted by Gasteiger charge is -2.14. The maximum absolute atomic E-state index is 14.3. The highest BCUT2D eigenvalue weighted by Crippen LogP contribution is 2.16. The number of benzene rings is 1. The molecule has 0 aliphatic rings. The first-order chi connectivity index (χ1) is 10.9. The van der Waals surface area contributed by atoms with Crippen molar-refractivity contribution in [1.82, 2.24) is 14.9 Å². The highest BCUT2D eigenvalue weighted by Gasteiger charge is 2.15. The van der Waals surface area contributed by atoms with Crippen LogP contribution >= 0.6 is 0 Å². The van der Waals surface area contributed by atoms with Crippen molar-refractivity contribution in [2.75, 3.05) is 0 Å². The average molecular weight is 318 g/mol. The fourth-order valence-corrected chi connectivity index (χ4v) is 2.42. The van der Waals surface area contributed by atoms with Gasteiger partial charge in [-0.2, -0.15) is 0 Å². The van der Waals surface area contributed by atoms with Crippen molar-refractivity contribution in [3.63, 3.8) is 0 Å². The predicted molar refractivity (Wildman–Crippen MR) is 87.5 cm³/mol. The van der Waals surface area contributed by atoms with E-state index >= 15 is 0 Å². The van der Waals surface area contributed by atoms with Crippen molar-refractivity contribution in [2.24, 2.45) is 11.7 Å². The summed E-state index contributed by atoms with van der Waals surface area (Å²) in [4.78, 5) is 16.0. The van der Waals surface area contributed by atoms with Crippen LogP contribution in [0.25, 0.3) is 5.69 Å². The second-order valence-corrected chi connectivity index (χ2v) is 6.08. The molecule has 0 unspecified atom stereocenters. The number of carbonyl (C=O) groups is 1. The van der Waals surface area contributed by atoms with Crippen LogP contribution in [0.4, 0.5) is 4.39 Å². The highest BCUT2D eigenvalue weighted by atomic mass is 19.1. The van der Waals surface area contributed by atoms with E-state index in [1.165, 1.54) is 6.07 Å². The van der Waals surface area contributed by atoms with E-state index in [2.05, 4.69) is 10.3 Å². The number of rotatable bonds is 6. The molecule has 0 spiro atoms. The van der Waals surface area contributed by atoms with Gasteiger partial charge in [-0.25, -0.2) is 9.37 Å². The van der Waals surface area contributed by atoms with E-state index in [4.69, 9.17) is 5.73 Å². The first kappa shape index (κ1) is 17.1. The van der Waals surface area contributed by atoms with Gasteiger partial charge in [0, 0.05) is 18.9 Å². The third kappa shape index (κ3) is 4.39. The van der Waals surface area contributed by atoms with Gasteiger partial charge in [-0.15, -0.1) is 0 Å². The molecule has 6 heteroatoms. The molecule has 1 atom stereocenters. The van der Waals surface area contributed by atoms with E-state index in [9.17, 15) is 9.18 Å². The Morgan fingerprint density at radius 1 is 1.43 bits per heavy atom. The summed E-state index contributed by atoms with van der Waals surface area (Å²) in [7, 11) is 0. The molecule has 0 bridgehead atoms. The van der Waals surface area contributed by atoms with Crippen LogP contribution in [0, 0.1) is 18.7 Å². The molecular weight excluding hydrogens is 295 g/mol. The van der Waals surface area contributed by atoms with Crippen LogP contribution < -0.4 is 11.1 Å². The topological polar surface area (TPSA) is 72.9 Å². The van der Waals surface area contributed by atoms with Crippen LogP contribution in [0.1, 0.15) is 31.7 Å². The van der Waals surface area contributed by atoms with E-state index in [-0.39, 0.29) is 18.3 Å². The molecular formula is C17H23FN4O. The molecule has 1 heterocycles. The van der Waals surface area contributed by atoms with Gasteiger partial charge in [0.1, 0.15) is 11.6 Å². The summed E-state index contributed by atoms with van der Waals surface area (Å²) >= 11 is 0. The standard InChI is InChI=1S/C17H23FN4O/c1-11(2)8-15(19)17(23)21-10-13-4-5-16(14(18)9-13)22-7-6-20-12(22)3/h4-7,9,11,15H,8,10,19H2,1-3H3,(H,21,23)/t15-/m0/s1. The summed E-state index contributed by atoms with van der Waals surface area (Å²) in [6, 6.07) is 4.35. The van der Waals surface area contributed by atoms with Crippen molar-refractivity contribution in [1.29, 1.82) is 0 Å². The number of carbonyl (C=O) groups excluding carboxylic acids is 1. The molecule has 0 aliphatic carbocycles. The molecule has 5 nitrogen and oxygen atoms in total. The van der Waals surface area contributed by atoms with Crippen LogP contribution in [0.5, 0.6) is 0 Å². The van der Waals surface area contributed by atoms with Gasteiger partial charge in [-0.1, -0.05) is 19.9 Å². The van der Waals surface area contributed by atoms with E-state index in [0.29, 0.717) is 29.4 Å². The monoisotopic (exact) mass is 318 g/mol. The molecule has 1 amide bonds. The zero-order valence-electron chi connectivity index (χ0n) is 13.7. The Morgan fingerprint density at radius 2 is 2.17 bits per heavy atom. The fraction of sp³-hybridized carbons (Fsp3) is 0.412. The van der Waals surface area contributed by atoms with Gasteiger partial charge in [0.25, 0.3) is 0 Å². The largest absolute Gasteiger partial charge is 0.351 e. The Bertz CT molecular complexity index is 681. The number of hydrogen-bond acceptors (Lipinski definition) is 3. The Morgan fingerprint density at radius 3 is 2.74 bits per heavy atom. The lowest BCUT2D eigenvalue weighted by atomic mass is 10.0. The van der Waals surface area contributed by atoms with Crippen molar-refractivity contribution >= 4 is 5.91 Å². The fourth-order valence-electron chi connectivity index (χ4n) is 2.42. The zero-order valence-corrected chi connectivity index (χ0v) is 13.7. The van der Waals surface area contributed by atoms with Crippen LogP contribution in [-0.4, -0.2) is 21.5 Å². The van der Waals surface area contributed by atoms with Gasteiger partial charge in [-0.3, -0.25) is 4.79 Å². The number of amides is 1. The Kier molecular flexibility index (Phi) is 5.50. The lowest BCUT2D eigenvalue weighted by Crippen LogP contribution is -2.41. The van der Waals surface area contributed by atoms with Crippen LogP contribution in [-0.2, 0) is 11.3 Å². The molecule has 0 radical (unpaired) electrons. The van der Waals surface area contributed by atoms with Crippen LogP contribution in [0.15, 0.2) is 30.6 Å². The molecule has 0 fully saturated rings. The number of aromatic nitrogens is 2. The Balaban J connectivity index is 2.01. The summed E-state index contributed by atoms with van der Waals surface area (Å²) in [5.41, 5.74) is 6.95. The summed E-state index contributed by atoms with van der Waals surface area (Å²) in [6.45, 7) is 6.09. The molecule has 1 aromatic heterocycles. The average Bonchev–Trinajstić information content (AvgIpc) is 2.90. The van der Waals surface area contributed by atoms with E-state index in [1.807, 2.05) is 20.8 Å². The quantitative estimate of drug-likeness (QED) is 0.858. The number of nitrogens with one attached hydrogen (secondary N) is 1. The summed E-state index contributed by atoms with van der Waals surface area (Å²) in [5.74, 6) is 0.494. The number of imidazole rings is 1.